The molecule has 256 valence electrons. The standard InChI is InChI=1S/C18H12F5N3O.C17H13ClFN3O/c1-26-8-11(16(25-26)17(22)23)18(27)24-14-5-3-2-4-10(14)9-6-12(19)15(21)13(20)7-9;18-15-4-2-1-3-14(15)16-17(23-16,9-22-11-20-10-21-22)12-5-7-13(19)8-6-12/h2-8,17H,1H3,(H,24,27);1-8,10-11,16H,9H2. The molecule has 2 atom stereocenters. The summed E-state index contributed by atoms with van der Waals surface area (Å²) >= 11 is 6.31. The Hall–Kier alpha value is -5.47. The van der Waals surface area contributed by atoms with Crippen molar-refractivity contribution in [2.75, 3.05) is 5.32 Å². The topological polar surface area (TPSA) is 90.2 Å². The van der Waals surface area contributed by atoms with Crippen molar-refractivity contribution in [3.8, 4) is 11.1 Å². The molecule has 0 saturated carbocycles. The van der Waals surface area contributed by atoms with Gasteiger partial charge in [0.05, 0.1) is 12.1 Å². The van der Waals surface area contributed by atoms with E-state index in [9.17, 15) is 31.1 Å². The molecule has 7 rings (SSSR count). The van der Waals surface area contributed by atoms with Gasteiger partial charge in [0.2, 0.25) is 0 Å². The van der Waals surface area contributed by atoms with Gasteiger partial charge < -0.3 is 10.1 Å². The van der Waals surface area contributed by atoms with E-state index in [2.05, 4.69) is 20.5 Å². The van der Waals surface area contributed by atoms with Crippen LogP contribution in [-0.2, 0) is 23.9 Å². The third kappa shape index (κ3) is 7.12. The lowest BCUT2D eigenvalue weighted by Crippen LogP contribution is -2.19. The van der Waals surface area contributed by atoms with Crippen LogP contribution in [0.15, 0.2) is 104 Å². The molecule has 1 saturated heterocycles. The van der Waals surface area contributed by atoms with E-state index in [1.165, 1.54) is 43.7 Å². The van der Waals surface area contributed by atoms with Gasteiger partial charge in [-0.3, -0.25) is 9.48 Å². The quantitative estimate of drug-likeness (QED) is 0.0973. The van der Waals surface area contributed by atoms with Crippen LogP contribution in [0.1, 0.15) is 39.7 Å². The van der Waals surface area contributed by atoms with Gasteiger partial charge >= 0.3 is 0 Å². The van der Waals surface area contributed by atoms with Crippen LogP contribution in [-0.4, -0.2) is 30.5 Å². The average Bonchev–Trinajstić information content (AvgIpc) is 3.37. The Morgan fingerprint density at radius 1 is 0.980 bits per heavy atom. The Labute approximate surface area is 285 Å². The fourth-order valence-electron chi connectivity index (χ4n) is 5.48. The predicted molar refractivity (Wildman–Crippen MR) is 171 cm³/mol. The number of epoxide rings is 1. The van der Waals surface area contributed by atoms with Crippen molar-refractivity contribution >= 4 is 23.2 Å². The molecule has 1 aliphatic rings. The minimum Gasteiger partial charge on any atom is -0.354 e. The average molecular weight is 711 g/mol. The smallest absolute Gasteiger partial charge is 0.282 e. The van der Waals surface area contributed by atoms with Crippen molar-refractivity contribution in [2.24, 2.45) is 7.05 Å². The van der Waals surface area contributed by atoms with Crippen LogP contribution in [0.5, 0.6) is 0 Å². The fraction of sp³-hybridized carbons (Fsp3) is 0.143. The van der Waals surface area contributed by atoms with Crippen LogP contribution in [0.3, 0.4) is 0 Å². The van der Waals surface area contributed by atoms with Gasteiger partial charge in [-0.2, -0.15) is 10.2 Å². The number of hydrogen-bond donors (Lipinski definition) is 1. The number of aryl methyl sites for hydroxylation is 1. The van der Waals surface area contributed by atoms with Crippen LogP contribution in [0.25, 0.3) is 11.1 Å². The van der Waals surface area contributed by atoms with E-state index in [0.29, 0.717) is 11.6 Å². The van der Waals surface area contributed by atoms with Crippen molar-refractivity contribution in [1.29, 1.82) is 0 Å². The summed E-state index contributed by atoms with van der Waals surface area (Å²) in [6, 6.07) is 21.4. The highest BCUT2D eigenvalue weighted by Gasteiger charge is 2.59. The molecular formula is C35H25ClF6N6O2. The number of nitrogens with one attached hydrogen (secondary N) is 1. The summed E-state index contributed by atoms with van der Waals surface area (Å²) in [5.74, 6) is -5.54. The Morgan fingerprint density at radius 2 is 1.66 bits per heavy atom. The lowest BCUT2D eigenvalue weighted by atomic mass is 9.91. The van der Waals surface area contributed by atoms with E-state index in [1.807, 2.05) is 24.3 Å². The highest BCUT2D eigenvalue weighted by atomic mass is 35.5. The largest absolute Gasteiger partial charge is 0.354 e. The number of amides is 1. The van der Waals surface area contributed by atoms with Gasteiger partial charge in [0, 0.05) is 35.1 Å². The second-order valence-corrected chi connectivity index (χ2v) is 11.6. The van der Waals surface area contributed by atoms with Crippen LogP contribution in [0.4, 0.5) is 32.0 Å². The first-order valence-corrected chi connectivity index (χ1v) is 15.2. The van der Waals surface area contributed by atoms with E-state index >= 15 is 0 Å². The Kier molecular flexibility index (Phi) is 9.75. The number of anilines is 1. The molecule has 3 heterocycles. The lowest BCUT2D eigenvalue weighted by molar-refractivity contribution is 0.101. The number of carbonyl (C=O) groups is 1. The van der Waals surface area contributed by atoms with Crippen LogP contribution in [0, 0.1) is 23.3 Å². The molecule has 1 amide bonds. The number of alkyl halides is 2. The molecule has 2 aromatic heterocycles. The maximum atomic E-state index is 13.5. The van der Waals surface area contributed by atoms with Gasteiger partial charge in [-0.1, -0.05) is 60.1 Å². The van der Waals surface area contributed by atoms with E-state index in [-0.39, 0.29) is 34.3 Å². The van der Waals surface area contributed by atoms with E-state index in [4.69, 9.17) is 16.3 Å². The molecule has 0 bridgehead atoms. The van der Waals surface area contributed by atoms with E-state index in [1.54, 1.807) is 29.2 Å². The Balaban J connectivity index is 0.000000175. The highest BCUT2D eigenvalue weighted by Crippen LogP contribution is 2.59. The number of ether oxygens (including phenoxy) is 1. The van der Waals surface area contributed by atoms with Gasteiger partial charge in [0.25, 0.3) is 12.3 Å². The zero-order valence-electron chi connectivity index (χ0n) is 25.9. The zero-order valence-corrected chi connectivity index (χ0v) is 26.6. The third-order valence-electron chi connectivity index (χ3n) is 7.86. The van der Waals surface area contributed by atoms with E-state index in [0.717, 1.165) is 34.1 Å². The molecule has 15 heteroatoms. The summed E-state index contributed by atoms with van der Waals surface area (Å²) in [6.07, 6.45) is 1.09. The second kappa shape index (κ2) is 14.2. The van der Waals surface area contributed by atoms with Gasteiger partial charge in [-0.05, 0) is 47.5 Å². The summed E-state index contributed by atoms with van der Waals surface area (Å²) in [6.45, 7) is 0.481. The Bertz CT molecular complexity index is 2120. The highest BCUT2D eigenvalue weighted by molar-refractivity contribution is 6.31. The number of halogens is 7. The minimum absolute atomic E-state index is 0.0254. The van der Waals surface area contributed by atoms with Gasteiger partial charge in [0.15, 0.2) is 17.5 Å². The molecule has 1 N–H and O–H groups in total. The first-order chi connectivity index (χ1) is 24.0. The molecule has 4 aromatic carbocycles. The molecular weight excluding hydrogens is 686 g/mol. The number of carbonyl (C=O) groups excluding carboxylic acids is 1. The number of para-hydroxylation sites is 1. The van der Waals surface area contributed by atoms with Crippen molar-refractivity contribution in [2.45, 2.75) is 24.7 Å². The van der Waals surface area contributed by atoms with Crippen LogP contribution < -0.4 is 5.32 Å². The minimum atomic E-state index is -2.96. The Morgan fingerprint density at radius 3 is 2.32 bits per heavy atom. The maximum absolute atomic E-state index is 13.5. The van der Waals surface area contributed by atoms with Gasteiger partial charge in [0.1, 0.15) is 35.9 Å². The molecule has 1 aliphatic heterocycles. The molecule has 8 nitrogen and oxygen atoms in total. The zero-order chi connectivity index (χ0) is 35.6. The normalized spacial score (nSPS) is 16.5. The third-order valence-corrected chi connectivity index (χ3v) is 8.20. The van der Waals surface area contributed by atoms with Crippen molar-refractivity contribution in [3.63, 3.8) is 0 Å². The van der Waals surface area contributed by atoms with Gasteiger partial charge in [-0.15, -0.1) is 0 Å². The van der Waals surface area contributed by atoms with E-state index < -0.39 is 41.1 Å². The number of aromatic nitrogens is 5. The lowest BCUT2D eigenvalue weighted by Gasteiger charge is -2.14. The number of benzene rings is 4. The fourth-order valence-corrected chi connectivity index (χ4v) is 5.72. The number of hydrogen-bond acceptors (Lipinski definition) is 5. The summed E-state index contributed by atoms with van der Waals surface area (Å²) in [4.78, 5) is 16.4. The molecule has 50 heavy (non-hydrogen) atoms. The first kappa shape index (κ1) is 34.4. The maximum Gasteiger partial charge on any atom is 0.282 e. The summed E-state index contributed by atoms with van der Waals surface area (Å²) in [7, 11) is 1.39. The first-order valence-electron chi connectivity index (χ1n) is 14.8. The van der Waals surface area contributed by atoms with Crippen molar-refractivity contribution in [1.82, 2.24) is 24.5 Å². The van der Waals surface area contributed by atoms with Crippen LogP contribution in [0.2, 0.25) is 5.02 Å². The SMILES string of the molecule is Cn1cc(C(=O)Nc2ccccc2-c2cc(F)c(F)c(F)c2)c(C(F)F)n1.Fc1ccc(C2(Cn3cncn3)OC2c2ccccc2Cl)cc1. The van der Waals surface area contributed by atoms with Crippen molar-refractivity contribution in [3.05, 3.63) is 154 Å². The monoisotopic (exact) mass is 710 g/mol. The predicted octanol–water partition coefficient (Wildman–Crippen LogP) is 8.43. The molecule has 0 radical (unpaired) electrons. The van der Waals surface area contributed by atoms with Crippen LogP contribution >= 0.6 is 11.6 Å². The summed E-state index contributed by atoms with van der Waals surface area (Å²) in [5.41, 5.74) is 0.431. The molecule has 0 aliphatic carbocycles. The molecule has 6 aromatic rings. The molecule has 2 unspecified atom stereocenters. The second-order valence-electron chi connectivity index (χ2n) is 11.2. The number of rotatable bonds is 8. The van der Waals surface area contributed by atoms with Gasteiger partial charge in [-0.25, -0.2) is 36.0 Å². The summed E-state index contributed by atoms with van der Waals surface area (Å²) in [5, 5.41) is 10.8. The van der Waals surface area contributed by atoms with Crippen molar-refractivity contribution < 1.29 is 35.9 Å². The molecule has 1 fully saturated rings. The summed E-state index contributed by atoms with van der Waals surface area (Å²) < 4.78 is 88.4. The molecule has 0 spiro atoms. The number of nitrogens with zero attached hydrogens (tertiary/aromatic N) is 5.